The fraction of sp³-hybridized carbons (Fsp3) is 0.571. The molecular weight excluding hydrogens is 302 g/mol. The molecule has 2 atom stereocenters. The molecule has 2 bridgehead atoms. The van der Waals surface area contributed by atoms with E-state index in [-0.39, 0.29) is 24.2 Å². The first-order valence-corrected chi connectivity index (χ1v) is 8.38. The van der Waals surface area contributed by atoms with Crippen LogP contribution in [0, 0.1) is 11.6 Å². The maximum Gasteiger partial charge on any atom is 0.200 e. The molecular formula is C14H16F2O4S. The molecule has 1 aromatic rings. The molecule has 21 heavy (non-hydrogen) atoms. The molecule has 0 saturated carbocycles. The van der Waals surface area contributed by atoms with E-state index in [0.29, 0.717) is 12.8 Å². The van der Waals surface area contributed by atoms with Gasteiger partial charge in [-0.15, -0.1) is 0 Å². The number of methoxy groups -OCH3 is 1. The molecule has 2 fully saturated rings. The lowest BCUT2D eigenvalue weighted by Gasteiger charge is -2.36. The van der Waals surface area contributed by atoms with Gasteiger partial charge in [-0.1, -0.05) is 0 Å². The zero-order chi connectivity index (χ0) is 15.4. The Bertz CT molecular complexity index is 666. The van der Waals surface area contributed by atoms with Gasteiger partial charge in [0.05, 0.1) is 23.2 Å². The van der Waals surface area contributed by atoms with Gasteiger partial charge in [0, 0.05) is 5.56 Å². The first kappa shape index (κ1) is 14.7. The fourth-order valence-electron chi connectivity index (χ4n) is 3.51. The Labute approximate surface area is 121 Å². The highest BCUT2D eigenvalue weighted by molar-refractivity contribution is 7.93. The number of hydrogen-bond acceptors (Lipinski definition) is 4. The van der Waals surface area contributed by atoms with Gasteiger partial charge in [-0.2, -0.15) is 4.39 Å². The van der Waals surface area contributed by atoms with E-state index in [1.54, 1.807) is 0 Å². The molecule has 2 saturated heterocycles. The van der Waals surface area contributed by atoms with Crippen molar-refractivity contribution in [3.05, 3.63) is 29.3 Å². The lowest BCUT2D eigenvalue weighted by Crippen LogP contribution is -2.43. The van der Waals surface area contributed by atoms with Crippen LogP contribution in [-0.2, 0) is 15.4 Å². The second-order valence-corrected chi connectivity index (χ2v) is 8.30. The molecule has 0 spiro atoms. The van der Waals surface area contributed by atoms with E-state index in [9.17, 15) is 22.3 Å². The third-order valence-corrected chi connectivity index (χ3v) is 7.30. The van der Waals surface area contributed by atoms with Crippen LogP contribution in [0.5, 0.6) is 5.75 Å². The van der Waals surface area contributed by atoms with Crippen molar-refractivity contribution in [2.45, 2.75) is 41.8 Å². The van der Waals surface area contributed by atoms with Gasteiger partial charge < -0.3 is 9.84 Å². The molecule has 0 aliphatic carbocycles. The van der Waals surface area contributed by atoms with Crippen molar-refractivity contribution in [2.24, 2.45) is 0 Å². The van der Waals surface area contributed by atoms with Gasteiger partial charge in [0.15, 0.2) is 21.4 Å². The maximum absolute atomic E-state index is 14.2. The molecule has 2 heterocycles. The van der Waals surface area contributed by atoms with E-state index >= 15 is 0 Å². The Morgan fingerprint density at radius 2 is 1.76 bits per heavy atom. The van der Waals surface area contributed by atoms with Crippen LogP contribution >= 0.6 is 0 Å². The minimum atomic E-state index is -3.24. The Balaban J connectivity index is 2.04. The van der Waals surface area contributed by atoms with Crippen molar-refractivity contribution < 1.29 is 27.0 Å². The van der Waals surface area contributed by atoms with Gasteiger partial charge in [-0.3, -0.25) is 0 Å². The monoisotopic (exact) mass is 318 g/mol. The Morgan fingerprint density at radius 1 is 1.19 bits per heavy atom. The number of benzene rings is 1. The number of sulfone groups is 1. The third kappa shape index (κ3) is 2.05. The van der Waals surface area contributed by atoms with Gasteiger partial charge in [0.1, 0.15) is 0 Å². The van der Waals surface area contributed by atoms with Crippen molar-refractivity contribution in [2.75, 3.05) is 7.11 Å². The lowest BCUT2D eigenvalue weighted by atomic mass is 9.85. The highest BCUT2D eigenvalue weighted by atomic mass is 32.2. The first-order chi connectivity index (χ1) is 9.79. The summed E-state index contributed by atoms with van der Waals surface area (Å²) in [5.74, 6) is -2.58. The van der Waals surface area contributed by atoms with Crippen molar-refractivity contribution in [1.29, 1.82) is 0 Å². The van der Waals surface area contributed by atoms with E-state index in [0.717, 1.165) is 0 Å². The minimum Gasteiger partial charge on any atom is -0.494 e. The van der Waals surface area contributed by atoms with Crippen molar-refractivity contribution >= 4 is 9.84 Å². The van der Waals surface area contributed by atoms with Gasteiger partial charge in [-0.25, -0.2) is 12.8 Å². The standard InChI is InChI=1S/C14H16F2O4S/c1-20-11-5-4-10(12(15)13(11)16)14(17)6-8-2-3-9(7-14)21(8,18)19/h4-5,8-9,17H,2-3,6-7H2,1H3. The first-order valence-electron chi connectivity index (χ1n) is 6.77. The Hall–Kier alpha value is -1.21. The molecule has 3 rings (SSSR count). The molecule has 0 aromatic heterocycles. The summed E-state index contributed by atoms with van der Waals surface area (Å²) in [5, 5.41) is 9.36. The maximum atomic E-state index is 14.2. The van der Waals surface area contributed by atoms with Crippen LogP contribution in [0.4, 0.5) is 8.78 Å². The summed E-state index contributed by atoms with van der Waals surface area (Å²) in [6, 6.07) is 2.52. The normalized spacial score (nSPS) is 33.9. The molecule has 2 aliphatic rings. The van der Waals surface area contributed by atoms with E-state index in [1.807, 2.05) is 0 Å². The van der Waals surface area contributed by atoms with Crippen LogP contribution in [0.25, 0.3) is 0 Å². The van der Waals surface area contributed by atoms with Crippen molar-refractivity contribution in [3.8, 4) is 5.75 Å². The highest BCUT2D eigenvalue weighted by Gasteiger charge is 2.54. The number of rotatable bonds is 2. The number of fused-ring (bicyclic) bond motifs is 2. The molecule has 4 nitrogen and oxygen atoms in total. The summed E-state index contributed by atoms with van der Waals surface area (Å²) < 4.78 is 56.8. The van der Waals surface area contributed by atoms with E-state index in [1.165, 1.54) is 19.2 Å². The smallest absolute Gasteiger partial charge is 0.200 e. The van der Waals surface area contributed by atoms with Crippen LogP contribution in [0.3, 0.4) is 0 Å². The number of ether oxygens (including phenoxy) is 1. The van der Waals surface area contributed by atoms with E-state index in [2.05, 4.69) is 0 Å². The zero-order valence-corrected chi connectivity index (χ0v) is 12.3. The summed E-state index contributed by atoms with van der Waals surface area (Å²) in [6.07, 6.45) is 0.758. The molecule has 0 radical (unpaired) electrons. The van der Waals surface area contributed by atoms with Crippen molar-refractivity contribution in [3.63, 3.8) is 0 Å². The molecule has 1 N–H and O–H groups in total. The molecule has 2 aliphatic heterocycles. The van der Waals surface area contributed by atoms with Gasteiger partial charge >= 0.3 is 0 Å². The summed E-state index contributed by atoms with van der Waals surface area (Å²) in [4.78, 5) is 0. The second-order valence-electron chi connectivity index (χ2n) is 5.79. The molecule has 2 unspecified atom stereocenters. The Kier molecular flexibility index (Phi) is 3.25. The average Bonchev–Trinajstić information content (AvgIpc) is 2.62. The van der Waals surface area contributed by atoms with E-state index in [4.69, 9.17) is 4.74 Å². The van der Waals surface area contributed by atoms with Crippen LogP contribution < -0.4 is 4.74 Å². The number of aliphatic hydroxyl groups is 1. The third-order valence-electron chi connectivity index (χ3n) is 4.64. The van der Waals surface area contributed by atoms with Crippen LogP contribution in [0.2, 0.25) is 0 Å². The molecule has 116 valence electrons. The average molecular weight is 318 g/mol. The lowest BCUT2D eigenvalue weighted by molar-refractivity contribution is 0.0132. The fourth-order valence-corrected chi connectivity index (χ4v) is 6.00. The van der Waals surface area contributed by atoms with Crippen LogP contribution in [0.15, 0.2) is 12.1 Å². The quantitative estimate of drug-likeness (QED) is 0.904. The zero-order valence-electron chi connectivity index (χ0n) is 11.5. The molecule has 7 heteroatoms. The topological polar surface area (TPSA) is 63.6 Å². The summed E-state index contributed by atoms with van der Waals surface area (Å²) >= 11 is 0. The summed E-state index contributed by atoms with van der Waals surface area (Å²) in [6.45, 7) is 0. The van der Waals surface area contributed by atoms with Gasteiger partial charge in [0.2, 0.25) is 5.82 Å². The molecule has 0 amide bonds. The highest BCUT2D eigenvalue weighted by Crippen LogP contribution is 2.48. The minimum absolute atomic E-state index is 0.0888. The predicted molar refractivity (Wildman–Crippen MR) is 71.8 cm³/mol. The summed E-state index contributed by atoms with van der Waals surface area (Å²) in [7, 11) is -2.02. The predicted octanol–water partition coefficient (Wildman–Crippen LogP) is 1.90. The SMILES string of the molecule is COc1ccc(C2(O)CC3CCC(C2)S3(=O)=O)c(F)c1F. The second kappa shape index (κ2) is 4.64. The number of halogens is 2. The Morgan fingerprint density at radius 3 is 2.29 bits per heavy atom. The van der Waals surface area contributed by atoms with E-state index < -0.39 is 37.6 Å². The van der Waals surface area contributed by atoms with Gasteiger partial charge in [0.25, 0.3) is 0 Å². The number of hydrogen-bond donors (Lipinski definition) is 1. The van der Waals surface area contributed by atoms with Crippen LogP contribution in [0.1, 0.15) is 31.2 Å². The van der Waals surface area contributed by atoms with Crippen LogP contribution in [-0.4, -0.2) is 31.1 Å². The van der Waals surface area contributed by atoms with Gasteiger partial charge in [-0.05, 0) is 37.8 Å². The molecule has 1 aromatic carbocycles. The largest absolute Gasteiger partial charge is 0.494 e. The summed E-state index contributed by atoms with van der Waals surface area (Å²) in [5.41, 5.74) is -1.83. The van der Waals surface area contributed by atoms with Crippen molar-refractivity contribution in [1.82, 2.24) is 0 Å².